The number of hydrogen-bond acceptors (Lipinski definition) is 6. The number of rotatable bonds is 4. The summed E-state index contributed by atoms with van der Waals surface area (Å²) in [6.07, 6.45) is 0.606. The summed E-state index contributed by atoms with van der Waals surface area (Å²) < 4.78 is 5.67. The Morgan fingerprint density at radius 2 is 2.16 bits per heavy atom. The fourth-order valence-electron chi connectivity index (χ4n) is 3.80. The maximum absolute atomic E-state index is 11.9. The lowest BCUT2D eigenvalue weighted by molar-refractivity contribution is -0.505. The molecule has 0 N–H and O–H groups in total. The summed E-state index contributed by atoms with van der Waals surface area (Å²) in [6.45, 7) is 8.05. The van der Waals surface area contributed by atoms with Crippen LogP contribution in [-0.2, 0) is 4.74 Å². The number of ether oxygens (including phenoxy) is 1. The predicted octanol–water partition coefficient (Wildman–Crippen LogP) is 3.57. The van der Waals surface area contributed by atoms with Gasteiger partial charge in [-0.3, -0.25) is 20.0 Å². The van der Waals surface area contributed by atoms with Crippen LogP contribution in [0.1, 0.15) is 27.2 Å². The molecule has 3 atom stereocenters. The molecule has 2 aliphatic rings. The van der Waals surface area contributed by atoms with Crippen LogP contribution in [0.3, 0.4) is 0 Å². The van der Waals surface area contributed by atoms with Crippen LogP contribution in [0.5, 0.6) is 0 Å². The molecule has 3 unspecified atom stereocenters. The van der Waals surface area contributed by atoms with Crippen LogP contribution in [0.4, 0.5) is 5.69 Å². The minimum atomic E-state index is -0.715. The molecule has 0 radical (unpaired) electrons. The molecule has 6 nitrogen and oxygen atoms in total. The van der Waals surface area contributed by atoms with Crippen LogP contribution in [-0.4, -0.2) is 51.6 Å². The van der Waals surface area contributed by atoms with Gasteiger partial charge >= 0.3 is 0 Å². The van der Waals surface area contributed by atoms with Gasteiger partial charge in [-0.25, -0.2) is 0 Å². The van der Waals surface area contributed by atoms with Gasteiger partial charge in [0, 0.05) is 24.5 Å². The molecule has 136 valence electrons. The zero-order valence-electron chi connectivity index (χ0n) is 14.9. The van der Waals surface area contributed by atoms with Crippen molar-refractivity contribution in [3.63, 3.8) is 0 Å². The van der Waals surface area contributed by atoms with Crippen molar-refractivity contribution < 1.29 is 9.66 Å². The number of nitro groups is 1. The molecule has 2 heterocycles. The summed E-state index contributed by atoms with van der Waals surface area (Å²) in [7, 11) is 0. The van der Waals surface area contributed by atoms with E-state index in [1.165, 1.54) is 11.8 Å². The summed E-state index contributed by atoms with van der Waals surface area (Å²) in [4.78, 5) is 18.9. The monoisotopic (exact) mass is 363 g/mol. The molecule has 3 rings (SSSR count). The molecule has 2 fully saturated rings. The summed E-state index contributed by atoms with van der Waals surface area (Å²) in [5, 5.41) is 11.3. The lowest BCUT2D eigenvalue weighted by Gasteiger charge is -2.43. The molecule has 1 aromatic carbocycles. The van der Waals surface area contributed by atoms with Gasteiger partial charge in [-0.1, -0.05) is 43.8 Å². The number of para-hydroxylation sites is 1. The Labute approximate surface area is 152 Å². The number of thioether (sulfide) groups is 1. The molecule has 1 spiro atoms. The molecular formula is C18H25N3O3S. The SMILES string of the molecule is CC(C)CN1C(C)SC([N+](=O)[O-])C12CCOCC2=Nc1ccccc1. The molecule has 25 heavy (non-hydrogen) atoms. The van der Waals surface area contributed by atoms with Gasteiger partial charge in [0.2, 0.25) is 0 Å². The molecule has 0 bridgehead atoms. The van der Waals surface area contributed by atoms with E-state index in [1.54, 1.807) is 0 Å². The summed E-state index contributed by atoms with van der Waals surface area (Å²) >= 11 is 1.43. The van der Waals surface area contributed by atoms with Crippen molar-refractivity contribution in [1.82, 2.24) is 4.90 Å². The molecule has 0 amide bonds. The van der Waals surface area contributed by atoms with Crippen molar-refractivity contribution >= 4 is 23.2 Å². The smallest absolute Gasteiger partial charge is 0.283 e. The number of aliphatic imine (C=N–C) groups is 1. The number of benzene rings is 1. The van der Waals surface area contributed by atoms with Crippen LogP contribution in [0.25, 0.3) is 0 Å². The van der Waals surface area contributed by atoms with E-state index in [1.807, 2.05) is 30.3 Å². The minimum absolute atomic E-state index is 0.0804. The number of nitrogens with zero attached hydrogens (tertiary/aromatic N) is 3. The van der Waals surface area contributed by atoms with E-state index in [0.29, 0.717) is 25.6 Å². The first-order valence-corrected chi connectivity index (χ1v) is 9.66. The topological polar surface area (TPSA) is 68.0 Å². The molecule has 2 aliphatic heterocycles. The van der Waals surface area contributed by atoms with Crippen molar-refractivity contribution in [2.24, 2.45) is 10.9 Å². The maximum atomic E-state index is 11.9. The summed E-state index contributed by atoms with van der Waals surface area (Å²) in [5.41, 5.74) is 0.925. The van der Waals surface area contributed by atoms with Crippen molar-refractivity contribution in [2.45, 2.75) is 43.5 Å². The number of hydrogen-bond donors (Lipinski definition) is 0. The zero-order valence-corrected chi connectivity index (χ0v) is 15.7. The van der Waals surface area contributed by atoms with E-state index in [9.17, 15) is 10.1 Å². The lowest BCUT2D eigenvalue weighted by Crippen LogP contribution is -2.63. The first-order chi connectivity index (χ1) is 11.9. The van der Waals surface area contributed by atoms with Crippen molar-refractivity contribution in [1.29, 1.82) is 0 Å². The second kappa shape index (κ2) is 7.43. The van der Waals surface area contributed by atoms with E-state index < -0.39 is 10.9 Å². The minimum Gasteiger partial charge on any atom is -0.375 e. The third-order valence-electron chi connectivity index (χ3n) is 4.83. The van der Waals surface area contributed by atoms with E-state index in [4.69, 9.17) is 9.73 Å². The summed E-state index contributed by atoms with van der Waals surface area (Å²) in [5.74, 6) is 0.422. The van der Waals surface area contributed by atoms with Gasteiger partial charge in [-0.05, 0) is 25.0 Å². The highest BCUT2D eigenvalue weighted by molar-refractivity contribution is 8.00. The highest BCUT2D eigenvalue weighted by Gasteiger charge is 2.63. The van der Waals surface area contributed by atoms with Crippen molar-refractivity contribution in [3.05, 3.63) is 40.4 Å². The zero-order chi connectivity index (χ0) is 18.0. The quantitative estimate of drug-likeness (QED) is 0.604. The van der Waals surface area contributed by atoms with Crippen LogP contribution in [0.15, 0.2) is 35.3 Å². The van der Waals surface area contributed by atoms with Crippen LogP contribution in [0.2, 0.25) is 0 Å². The Morgan fingerprint density at radius 3 is 2.80 bits per heavy atom. The molecule has 0 aromatic heterocycles. The second-order valence-electron chi connectivity index (χ2n) is 7.04. The third-order valence-corrected chi connectivity index (χ3v) is 6.29. The third kappa shape index (κ3) is 3.45. The van der Waals surface area contributed by atoms with Gasteiger partial charge in [-0.15, -0.1) is 0 Å². The molecular weight excluding hydrogens is 338 g/mol. The van der Waals surface area contributed by atoms with E-state index in [0.717, 1.165) is 17.9 Å². The fourth-order valence-corrected chi connectivity index (χ4v) is 5.30. The van der Waals surface area contributed by atoms with Gasteiger partial charge in [-0.2, -0.15) is 0 Å². The van der Waals surface area contributed by atoms with Gasteiger partial charge in [0.15, 0.2) is 0 Å². The molecule has 0 aliphatic carbocycles. The Hall–Kier alpha value is -1.44. The Morgan fingerprint density at radius 1 is 1.44 bits per heavy atom. The highest BCUT2D eigenvalue weighted by atomic mass is 32.2. The first kappa shape index (κ1) is 18.4. The van der Waals surface area contributed by atoms with Gasteiger partial charge in [0.1, 0.15) is 5.54 Å². The molecule has 2 saturated heterocycles. The van der Waals surface area contributed by atoms with E-state index in [2.05, 4.69) is 25.7 Å². The fraction of sp³-hybridized carbons (Fsp3) is 0.611. The predicted molar refractivity (Wildman–Crippen MR) is 101 cm³/mol. The second-order valence-corrected chi connectivity index (χ2v) is 8.44. The van der Waals surface area contributed by atoms with E-state index in [-0.39, 0.29) is 10.3 Å². The van der Waals surface area contributed by atoms with E-state index >= 15 is 0 Å². The maximum Gasteiger partial charge on any atom is 0.283 e. The van der Waals surface area contributed by atoms with Gasteiger partial charge < -0.3 is 4.74 Å². The standard InChI is InChI=1S/C18H25N3O3S/c1-13(2)11-20-14(3)25-17(21(22)23)18(20)9-10-24-12-16(18)19-15-7-5-4-6-8-15/h4-8,13-14,17H,9-12H2,1-3H3. The van der Waals surface area contributed by atoms with Crippen LogP contribution >= 0.6 is 11.8 Å². The average Bonchev–Trinajstić information content (AvgIpc) is 2.84. The molecule has 7 heteroatoms. The van der Waals surface area contributed by atoms with Crippen molar-refractivity contribution in [2.75, 3.05) is 19.8 Å². The van der Waals surface area contributed by atoms with Gasteiger partial charge in [0.25, 0.3) is 5.37 Å². The Bertz CT molecular complexity index is 652. The highest BCUT2D eigenvalue weighted by Crippen LogP contribution is 2.48. The summed E-state index contributed by atoms with van der Waals surface area (Å²) in [6, 6.07) is 9.65. The Balaban J connectivity index is 2.09. The first-order valence-electron chi connectivity index (χ1n) is 8.71. The normalized spacial score (nSPS) is 31.9. The van der Waals surface area contributed by atoms with Crippen molar-refractivity contribution in [3.8, 4) is 0 Å². The lowest BCUT2D eigenvalue weighted by atomic mass is 9.84. The Kier molecular flexibility index (Phi) is 5.46. The van der Waals surface area contributed by atoms with Crippen LogP contribution in [0, 0.1) is 16.0 Å². The van der Waals surface area contributed by atoms with Gasteiger partial charge in [0.05, 0.1) is 23.4 Å². The average molecular weight is 363 g/mol. The van der Waals surface area contributed by atoms with Crippen LogP contribution < -0.4 is 0 Å². The molecule has 0 saturated carbocycles. The largest absolute Gasteiger partial charge is 0.375 e. The molecule has 1 aromatic rings.